The zero-order valence-corrected chi connectivity index (χ0v) is 13.8. The summed E-state index contributed by atoms with van der Waals surface area (Å²) in [6, 6.07) is 9.82. The maximum atomic E-state index is 3.86. The van der Waals surface area contributed by atoms with Gasteiger partial charge in [-0.25, -0.2) is 0 Å². The molecule has 21 heavy (non-hydrogen) atoms. The Kier molecular flexibility index (Phi) is 5.00. The van der Waals surface area contributed by atoms with Gasteiger partial charge in [-0.1, -0.05) is 57.4 Å². The summed E-state index contributed by atoms with van der Waals surface area (Å²) >= 11 is 0. The molecule has 1 heteroatoms. The van der Waals surface area contributed by atoms with Crippen LogP contribution in [0.25, 0.3) is 0 Å². The van der Waals surface area contributed by atoms with Crippen molar-refractivity contribution in [2.45, 2.75) is 64.8 Å². The SMILES string of the molecule is CCNC(C1CCC(CC)CC1)C1Cc2ccccc2C1. The van der Waals surface area contributed by atoms with Crippen molar-refractivity contribution in [3.63, 3.8) is 0 Å². The summed E-state index contributed by atoms with van der Waals surface area (Å²) in [4.78, 5) is 0. The van der Waals surface area contributed by atoms with E-state index in [1.807, 2.05) is 0 Å². The third-order valence-corrected chi connectivity index (χ3v) is 6.01. The van der Waals surface area contributed by atoms with E-state index < -0.39 is 0 Å². The molecule has 1 nitrogen and oxygen atoms in total. The van der Waals surface area contributed by atoms with Gasteiger partial charge in [-0.2, -0.15) is 0 Å². The highest BCUT2D eigenvalue weighted by Gasteiger charge is 2.34. The Balaban J connectivity index is 1.66. The lowest BCUT2D eigenvalue weighted by atomic mass is 9.74. The van der Waals surface area contributed by atoms with Gasteiger partial charge in [0.25, 0.3) is 0 Å². The molecule has 0 heterocycles. The van der Waals surface area contributed by atoms with Crippen LogP contribution in [0.4, 0.5) is 0 Å². The van der Waals surface area contributed by atoms with Crippen molar-refractivity contribution in [2.75, 3.05) is 6.54 Å². The van der Waals surface area contributed by atoms with E-state index in [9.17, 15) is 0 Å². The molecule has 0 spiro atoms. The van der Waals surface area contributed by atoms with Gasteiger partial charge >= 0.3 is 0 Å². The van der Waals surface area contributed by atoms with Crippen molar-refractivity contribution in [3.05, 3.63) is 35.4 Å². The predicted octanol–water partition coefficient (Wildman–Crippen LogP) is 4.60. The molecule has 2 aliphatic rings. The molecule has 0 aromatic heterocycles. The smallest absolute Gasteiger partial charge is 0.0130 e. The largest absolute Gasteiger partial charge is 0.314 e. The van der Waals surface area contributed by atoms with Gasteiger partial charge in [-0.3, -0.25) is 0 Å². The van der Waals surface area contributed by atoms with E-state index in [4.69, 9.17) is 0 Å². The zero-order chi connectivity index (χ0) is 14.7. The van der Waals surface area contributed by atoms with Gasteiger partial charge < -0.3 is 5.32 Å². The first-order valence-corrected chi connectivity index (χ1v) is 9.12. The summed E-state index contributed by atoms with van der Waals surface area (Å²) in [6.07, 6.45) is 9.79. The average Bonchev–Trinajstić information content (AvgIpc) is 2.96. The Bertz CT molecular complexity index is 420. The van der Waals surface area contributed by atoms with Crippen molar-refractivity contribution < 1.29 is 0 Å². The molecule has 0 saturated heterocycles. The van der Waals surface area contributed by atoms with Crippen molar-refractivity contribution in [2.24, 2.45) is 17.8 Å². The van der Waals surface area contributed by atoms with Crippen LogP contribution in [0.3, 0.4) is 0 Å². The molecule has 1 N–H and O–H groups in total. The monoisotopic (exact) mass is 285 g/mol. The second kappa shape index (κ2) is 6.96. The van der Waals surface area contributed by atoms with Gasteiger partial charge in [-0.15, -0.1) is 0 Å². The molecular weight excluding hydrogens is 254 g/mol. The zero-order valence-electron chi connectivity index (χ0n) is 13.8. The average molecular weight is 285 g/mol. The Morgan fingerprint density at radius 2 is 1.57 bits per heavy atom. The van der Waals surface area contributed by atoms with Gasteiger partial charge in [0.2, 0.25) is 0 Å². The number of hydrogen-bond acceptors (Lipinski definition) is 1. The molecule has 116 valence electrons. The second-order valence-corrected chi connectivity index (χ2v) is 7.21. The van der Waals surface area contributed by atoms with Crippen LogP contribution in [0.2, 0.25) is 0 Å². The number of rotatable bonds is 5. The van der Waals surface area contributed by atoms with Gasteiger partial charge in [-0.05, 0) is 61.1 Å². The van der Waals surface area contributed by atoms with Crippen LogP contribution in [0.15, 0.2) is 24.3 Å². The van der Waals surface area contributed by atoms with Gasteiger partial charge in [0.05, 0.1) is 0 Å². The van der Waals surface area contributed by atoms with E-state index in [1.54, 1.807) is 11.1 Å². The summed E-state index contributed by atoms with van der Waals surface area (Å²) in [5.41, 5.74) is 3.21. The molecule has 0 aliphatic heterocycles. The molecule has 0 bridgehead atoms. The van der Waals surface area contributed by atoms with Crippen molar-refractivity contribution in [1.82, 2.24) is 5.32 Å². The quantitative estimate of drug-likeness (QED) is 0.834. The van der Waals surface area contributed by atoms with Crippen LogP contribution in [-0.4, -0.2) is 12.6 Å². The third kappa shape index (κ3) is 3.34. The lowest BCUT2D eigenvalue weighted by Crippen LogP contribution is -2.44. The van der Waals surface area contributed by atoms with E-state index in [0.29, 0.717) is 0 Å². The normalized spacial score (nSPS) is 27.5. The van der Waals surface area contributed by atoms with E-state index >= 15 is 0 Å². The summed E-state index contributed by atoms with van der Waals surface area (Å²) < 4.78 is 0. The Hall–Kier alpha value is -0.820. The third-order valence-electron chi connectivity index (χ3n) is 6.01. The highest BCUT2D eigenvalue weighted by molar-refractivity contribution is 5.32. The van der Waals surface area contributed by atoms with Crippen LogP contribution < -0.4 is 5.32 Å². The minimum atomic E-state index is 0.736. The molecule has 1 unspecified atom stereocenters. The highest BCUT2D eigenvalue weighted by Crippen LogP contribution is 2.38. The predicted molar refractivity (Wildman–Crippen MR) is 90.5 cm³/mol. The molecule has 1 saturated carbocycles. The van der Waals surface area contributed by atoms with E-state index in [2.05, 4.69) is 43.4 Å². The number of benzene rings is 1. The van der Waals surface area contributed by atoms with Crippen LogP contribution >= 0.6 is 0 Å². The second-order valence-electron chi connectivity index (χ2n) is 7.21. The van der Waals surface area contributed by atoms with Gasteiger partial charge in [0.15, 0.2) is 0 Å². The number of nitrogens with one attached hydrogen (secondary N) is 1. The molecule has 0 amide bonds. The van der Waals surface area contributed by atoms with Crippen molar-refractivity contribution in [1.29, 1.82) is 0 Å². The van der Waals surface area contributed by atoms with Crippen LogP contribution in [0.1, 0.15) is 57.1 Å². The molecular formula is C20H31N. The van der Waals surface area contributed by atoms with E-state index in [0.717, 1.165) is 30.3 Å². The van der Waals surface area contributed by atoms with E-state index in [-0.39, 0.29) is 0 Å². The fourth-order valence-electron chi connectivity index (χ4n) is 4.76. The molecule has 1 atom stereocenters. The Morgan fingerprint density at radius 1 is 0.952 bits per heavy atom. The van der Waals surface area contributed by atoms with Crippen LogP contribution in [-0.2, 0) is 12.8 Å². The van der Waals surface area contributed by atoms with Crippen LogP contribution in [0.5, 0.6) is 0 Å². The number of fused-ring (bicyclic) bond motifs is 1. The minimum Gasteiger partial charge on any atom is -0.314 e. The molecule has 1 aromatic carbocycles. The first-order chi connectivity index (χ1) is 10.3. The molecule has 1 fully saturated rings. The minimum absolute atomic E-state index is 0.736. The summed E-state index contributed by atoms with van der Waals surface area (Å²) in [5.74, 6) is 2.74. The Morgan fingerprint density at radius 3 is 2.10 bits per heavy atom. The maximum absolute atomic E-state index is 3.86. The van der Waals surface area contributed by atoms with Crippen molar-refractivity contribution in [3.8, 4) is 0 Å². The first-order valence-electron chi connectivity index (χ1n) is 9.12. The van der Waals surface area contributed by atoms with Crippen molar-refractivity contribution >= 4 is 0 Å². The van der Waals surface area contributed by atoms with E-state index in [1.165, 1.54) is 44.9 Å². The lowest BCUT2D eigenvalue weighted by Gasteiger charge is -2.37. The lowest BCUT2D eigenvalue weighted by molar-refractivity contribution is 0.179. The first kappa shape index (κ1) is 15.1. The number of hydrogen-bond donors (Lipinski definition) is 1. The summed E-state index contributed by atoms with van der Waals surface area (Å²) in [6.45, 7) is 5.75. The van der Waals surface area contributed by atoms with Gasteiger partial charge in [0.1, 0.15) is 0 Å². The fourth-order valence-corrected chi connectivity index (χ4v) is 4.76. The standard InChI is InChI=1S/C20H31N/c1-3-15-9-11-16(12-10-15)20(21-4-2)19-13-17-7-5-6-8-18(17)14-19/h5-8,15-16,19-21H,3-4,9-14H2,1-2H3. The topological polar surface area (TPSA) is 12.0 Å². The Labute approximate surface area is 130 Å². The van der Waals surface area contributed by atoms with Gasteiger partial charge in [0, 0.05) is 6.04 Å². The summed E-state index contributed by atoms with van der Waals surface area (Å²) in [7, 11) is 0. The highest BCUT2D eigenvalue weighted by atomic mass is 14.9. The summed E-state index contributed by atoms with van der Waals surface area (Å²) in [5, 5.41) is 3.86. The van der Waals surface area contributed by atoms with Crippen LogP contribution in [0, 0.1) is 17.8 Å². The maximum Gasteiger partial charge on any atom is 0.0130 e. The molecule has 1 aromatic rings. The molecule has 2 aliphatic carbocycles. The molecule has 0 radical (unpaired) electrons. The molecule has 3 rings (SSSR count). The fraction of sp³-hybridized carbons (Fsp3) is 0.700.